The van der Waals surface area contributed by atoms with Crippen molar-refractivity contribution in [3.63, 3.8) is 0 Å². The van der Waals surface area contributed by atoms with E-state index < -0.39 is 9.84 Å². The van der Waals surface area contributed by atoms with Gasteiger partial charge < -0.3 is 9.30 Å². The molecule has 0 bridgehead atoms. The number of anilines is 2. The van der Waals surface area contributed by atoms with Gasteiger partial charge in [-0.1, -0.05) is 103 Å². The number of sulfone groups is 1. The van der Waals surface area contributed by atoms with Gasteiger partial charge in [0.2, 0.25) is 9.84 Å². The first-order valence-electron chi connectivity index (χ1n) is 18.1. The molecule has 2 aromatic heterocycles. The summed E-state index contributed by atoms with van der Waals surface area (Å²) in [5.74, 6) is 0.221. The minimum atomic E-state index is -3.73. The van der Waals surface area contributed by atoms with Gasteiger partial charge in [0.1, 0.15) is 0 Å². The average molecular weight is 699 g/mol. The Kier molecular flexibility index (Phi) is 5.69. The zero-order valence-electron chi connectivity index (χ0n) is 28.4. The first kappa shape index (κ1) is 29.2. The largest absolute Gasteiger partial charge is 0.332 e. The standard InChI is InChI=1S/C48H30N2O2S/c51-53(52,33-21-17-29(18-22-33)31-25-39-35-9-1-5-13-43(35)49-44-14-6-2-10-36(44)40(26-31)47(39)49)34-23-19-30(20-24-34)32-27-41-37-11-3-7-15-45(37)50-46-16-8-4-12-38(46)42(28-32)48(41)50/h1-28,39,47H. The SMILES string of the molecule is O=S(=O)(c1ccc(C2=CC3c4ccccc4N4c5ccccc5C(=C2)C34)cc1)c1ccc(-c2cc3c4ccccc4n4c5ccccc5c(c2)c34)cc1. The molecule has 0 fully saturated rings. The van der Waals surface area contributed by atoms with Crippen molar-refractivity contribution in [1.82, 2.24) is 4.40 Å². The Morgan fingerprint density at radius 2 is 1.08 bits per heavy atom. The molecule has 12 rings (SSSR count). The molecule has 0 radical (unpaired) electrons. The predicted molar refractivity (Wildman–Crippen MR) is 216 cm³/mol. The lowest BCUT2D eigenvalue weighted by molar-refractivity contribution is 0.596. The molecule has 0 saturated carbocycles. The van der Waals surface area contributed by atoms with Gasteiger partial charge in [-0.3, -0.25) is 0 Å². The van der Waals surface area contributed by atoms with Crippen LogP contribution in [-0.2, 0) is 9.84 Å². The molecule has 7 aromatic carbocycles. The fourth-order valence-corrected chi connectivity index (χ4v) is 10.8. The van der Waals surface area contributed by atoms with Gasteiger partial charge in [-0.05, 0) is 100 Å². The van der Waals surface area contributed by atoms with Crippen LogP contribution in [0.15, 0.2) is 180 Å². The summed E-state index contributed by atoms with van der Waals surface area (Å²) < 4.78 is 30.4. The summed E-state index contributed by atoms with van der Waals surface area (Å²) in [6, 6.07) is 54.0. The molecule has 250 valence electrons. The van der Waals surface area contributed by atoms with Crippen molar-refractivity contribution in [3.05, 3.63) is 187 Å². The van der Waals surface area contributed by atoms with Gasteiger partial charge in [0, 0.05) is 44.4 Å². The van der Waals surface area contributed by atoms with Crippen LogP contribution in [-0.4, -0.2) is 18.9 Å². The second-order valence-corrected chi connectivity index (χ2v) is 16.4. The normalized spacial score (nSPS) is 17.4. The van der Waals surface area contributed by atoms with Gasteiger partial charge in [-0.2, -0.15) is 0 Å². The number of benzene rings is 7. The lowest BCUT2D eigenvalue weighted by atomic mass is 9.81. The first-order chi connectivity index (χ1) is 26.0. The Morgan fingerprint density at radius 1 is 0.509 bits per heavy atom. The van der Waals surface area contributed by atoms with Crippen LogP contribution >= 0.6 is 0 Å². The summed E-state index contributed by atoms with van der Waals surface area (Å²) in [5.41, 5.74) is 14.2. The molecule has 53 heavy (non-hydrogen) atoms. The molecule has 2 aliphatic heterocycles. The molecule has 2 unspecified atom stereocenters. The van der Waals surface area contributed by atoms with Crippen molar-refractivity contribution < 1.29 is 8.42 Å². The van der Waals surface area contributed by atoms with E-state index >= 15 is 0 Å². The quantitative estimate of drug-likeness (QED) is 0.184. The fraction of sp³-hybridized carbons (Fsp3) is 0.0417. The number of aromatic nitrogens is 1. The summed E-state index contributed by atoms with van der Waals surface area (Å²) in [7, 11) is -3.73. The topological polar surface area (TPSA) is 41.8 Å². The van der Waals surface area contributed by atoms with Gasteiger partial charge in [-0.15, -0.1) is 0 Å². The highest BCUT2D eigenvalue weighted by Crippen LogP contribution is 2.59. The van der Waals surface area contributed by atoms with Crippen LogP contribution in [0.5, 0.6) is 0 Å². The van der Waals surface area contributed by atoms with Crippen LogP contribution in [0.4, 0.5) is 11.4 Å². The molecule has 0 N–H and O–H groups in total. The molecule has 0 spiro atoms. The Bertz CT molecular complexity index is 3110. The van der Waals surface area contributed by atoms with Crippen molar-refractivity contribution in [2.45, 2.75) is 21.8 Å². The summed E-state index contributed by atoms with van der Waals surface area (Å²) >= 11 is 0. The van der Waals surface area contributed by atoms with E-state index in [0.29, 0.717) is 4.90 Å². The molecule has 3 aliphatic rings. The minimum absolute atomic E-state index is 0.221. The second kappa shape index (κ2) is 10.3. The third-order valence-corrected chi connectivity index (χ3v) is 13.6. The number of hydrogen-bond donors (Lipinski definition) is 0. The van der Waals surface area contributed by atoms with E-state index in [9.17, 15) is 8.42 Å². The Morgan fingerprint density at radius 3 is 1.75 bits per heavy atom. The van der Waals surface area contributed by atoms with Crippen LogP contribution in [0.1, 0.15) is 22.6 Å². The number of rotatable bonds is 4. The summed E-state index contributed by atoms with van der Waals surface area (Å²) in [5, 5.41) is 4.83. The number of allylic oxidation sites excluding steroid dienone is 2. The molecule has 4 nitrogen and oxygen atoms in total. The smallest absolute Gasteiger partial charge is 0.206 e. The number of hydrogen-bond acceptors (Lipinski definition) is 3. The van der Waals surface area contributed by atoms with Gasteiger partial charge in [0.05, 0.1) is 32.4 Å². The molecular formula is C48H30N2O2S. The number of para-hydroxylation sites is 4. The maximum atomic E-state index is 14.0. The number of nitrogens with zero attached hydrogens (tertiary/aromatic N) is 2. The Labute approximate surface area is 306 Å². The van der Waals surface area contributed by atoms with Crippen LogP contribution in [0.25, 0.3) is 60.4 Å². The molecule has 5 heteroatoms. The molecule has 0 saturated heterocycles. The summed E-state index contributed by atoms with van der Waals surface area (Å²) in [4.78, 5) is 3.06. The van der Waals surface area contributed by atoms with Crippen molar-refractivity contribution in [2.75, 3.05) is 4.90 Å². The highest BCUT2D eigenvalue weighted by Gasteiger charge is 2.47. The highest BCUT2D eigenvalue weighted by molar-refractivity contribution is 7.91. The van der Waals surface area contributed by atoms with E-state index in [-0.39, 0.29) is 16.9 Å². The summed E-state index contributed by atoms with van der Waals surface area (Å²) in [6.45, 7) is 0. The zero-order chi connectivity index (χ0) is 35.0. The fourth-order valence-electron chi connectivity index (χ4n) is 9.51. The van der Waals surface area contributed by atoms with Crippen LogP contribution in [0.3, 0.4) is 0 Å². The van der Waals surface area contributed by atoms with Crippen molar-refractivity contribution >= 4 is 70.5 Å². The minimum Gasteiger partial charge on any atom is -0.332 e. The molecule has 9 aromatic rings. The molecule has 2 atom stereocenters. The van der Waals surface area contributed by atoms with E-state index in [1.54, 1.807) is 24.3 Å². The lowest BCUT2D eigenvalue weighted by Gasteiger charge is -2.26. The molecule has 0 amide bonds. The third-order valence-electron chi connectivity index (χ3n) is 11.8. The van der Waals surface area contributed by atoms with Crippen molar-refractivity contribution in [2.24, 2.45) is 0 Å². The molecular weight excluding hydrogens is 669 g/mol. The van der Waals surface area contributed by atoms with Crippen LogP contribution in [0, 0.1) is 0 Å². The Balaban J connectivity index is 0.896. The van der Waals surface area contributed by atoms with Crippen LogP contribution in [0.2, 0.25) is 0 Å². The van der Waals surface area contributed by atoms with E-state index in [1.807, 2.05) is 24.3 Å². The van der Waals surface area contributed by atoms with Crippen LogP contribution < -0.4 is 4.90 Å². The second-order valence-electron chi connectivity index (χ2n) is 14.5. The maximum absolute atomic E-state index is 14.0. The highest BCUT2D eigenvalue weighted by atomic mass is 32.2. The van der Waals surface area contributed by atoms with E-state index in [4.69, 9.17) is 0 Å². The average Bonchev–Trinajstić information content (AvgIpc) is 3.94. The Hall–Kier alpha value is -6.43. The first-order valence-corrected chi connectivity index (χ1v) is 19.6. The van der Waals surface area contributed by atoms with Crippen molar-refractivity contribution in [1.29, 1.82) is 0 Å². The van der Waals surface area contributed by atoms with Crippen molar-refractivity contribution in [3.8, 4) is 11.1 Å². The predicted octanol–water partition coefficient (Wildman–Crippen LogP) is 11.4. The lowest BCUT2D eigenvalue weighted by Crippen LogP contribution is -2.26. The van der Waals surface area contributed by atoms with Gasteiger partial charge in [0.25, 0.3) is 0 Å². The van der Waals surface area contributed by atoms with E-state index in [2.05, 4.69) is 131 Å². The van der Waals surface area contributed by atoms with E-state index in [0.717, 1.165) is 22.3 Å². The number of fused-ring (bicyclic) bond motifs is 12. The van der Waals surface area contributed by atoms with E-state index in [1.165, 1.54) is 66.2 Å². The third kappa shape index (κ3) is 3.87. The molecule has 1 aliphatic carbocycles. The van der Waals surface area contributed by atoms with Gasteiger partial charge >= 0.3 is 0 Å². The summed E-state index contributed by atoms with van der Waals surface area (Å²) in [6.07, 6.45) is 4.66. The van der Waals surface area contributed by atoms with Gasteiger partial charge in [-0.25, -0.2) is 8.42 Å². The maximum Gasteiger partial charge on any atom is 0.206 e. The van der Waals surface area contributed by atoms with Gasteiger partial charge in [0.15, 0.2) is 0 Å². The zero-order valence-corrected chi connectivity index (χ0v) is 29.3. The molecule has 4 heterocycles. The monoisotopic (exact) mass is 698 g/mol.